The van der Waals surface area contributed by atoms with E-state index in [0.717, 1.165) is 6.54 Å². The van der Waals surface area contributed by atoms with Gasteiger partial charge in [0.2, 0.25) is 0 Å². The van der Waals surface area contributed by atoms with Crippen molar-refractivity contribution in [2.45, 2.75) is 6.92 Å². The first kappa shape index (κ1) is 5.92. The van der Waals surface area contributed by atoms with Crippen LogP contribution in [0, 0.1) is 0 Å². The summed E-state index contributed by atoms with van der Waals surface area (Å²) >= 11 is 0. The van der Waals surface area contributed by atoms with Crippen LogP contribution in [0.4, 0.5) is 0 Å². The molecule has 0 aliphatic rings. The Morgan fingerprint density at radius 2 is 2.00 bits per heavy atom. The van der Waals surface area contributed by atoms with Crippen LogP contribution >= 0.6 is 0 Å². The molecular weight excluding hydrogens is 76.1 g/mol. The van der Waals surface area contributed by atoms with Crippen LogP contribution in [-0.2, 0) is 0 Å². The molecule has 0 unspecified atom stereocenters. The zero-order valence-corrected chi connectivity index (χ0v) is 4.60. The molecular formula is C4H11N2. The molecule has 0 spiro atoms. The van der Waals surface area contributed by atoms with Crippen molar-refractivity contribution >= 4 is 0 Å². The van der Waals surface area contributed by atoms with Gasteiger partial charge in [-0.3, -0.25) is 0 Å². The molecule has 0 aliphatic heterocycles. The lowest BCUT2D eigenvalue weighted by Gasteiger charge is -2.03. The van der Waals surface area contributed by atoms with E-state index in [0.29, 0.717) is 0 Å². The van der Waals surface area contributed by atoms with E-state index in [2.05, 4.69) is 5.43 Å². The standard InChI is InChI=1S/C4H11N2/c1-4-5-6(2)3/h4H2,1-3H3. The van der Waals surface area contributed by atoms with E-state index in [1.54, 1.807) is 5.01 Å². The van der Waals surface area contributed by atoms with Crippen molar-refractivity contribution in [1.82, 2.24) is 10.4 Å². The molecule has 0 rings (SSSR count). The van der Waals surface area contributed by atoms with Gasteiger partial charge in [0.05, 0.1) is 0 Å². The Hall–Kier alpha value is -0.0800. The molecule has 0 atom stereocenters. The lowest BCUT2D eigenvalue weighted by Crippen LogP contribution is -2.22. The molecule has 0 aliphatic carbocycles. The fourth-order valence-electron chi connectivity index (χ4n) is 0.283. The van der Waals surface area contributed by atoms with E-state index in [9.17, 15) is 0 Å². The summed E-state index contributed by atoms with van der Waals surface area (Å²) in [5.74, 6) is 0. The summed E-state index contributed by atoms with van der Waals surface area (Å²) in [5, 5.41) is 1.81. The Balaban J connectivity index is 2.63. The monoisotopic (exact) mass is 87.1 g/mol. The highest BCUT2D eigenvalue weighted by Gasteiger charge is 1.79. The Morgan fingerprint density at radius 3 is 2.00 bits per heavy atom. The van der Waals surface area contributed by atoms with E-state index in [4.69, 9.17) is 0 Å². The fourth-order valence-corrected chi connectivity index (χ4v) is 0.283. The van der Waals surface area contributed by atoms with Crippen LogP contribution in [0.2, 0.25) is 0 Å². The number of nitrogens with zero attached hydrogens (tertiary/aromatic N) is 2. The van der Waals surface area contributed by atoms with E-state index in [-0.39, 0.29) is 0 Å². The summed E-state index contributed by atoms with van der Waals surface area (Å²) in [6, 6.07) is 0. The first-order valence-corrected chi connectivity index (χ1v) is 2.12. The van der Waals surface area contributed by atoms with Crippen LogP contribution < -0.4 is 5.43 Å². The van der Waals surface area contributed by atoms with Gasteiger partial charge in [-0.05, 0) is 6.92 Å². The molecule has 0 aromatic rings. The smallest absolute Gasteiger partial charge is 0.0278 e. The van der Waals surface area contributed by atoms with Crippen LogP contribution in [0.5, 0.6) is 0 Å². The van der Waals surface area contributed by atoms with E-state index in [1.807, 2.05) is 21.0 Å². The van der Waals surface area contributed by atoms with E-state index >= 15 is 0 Å². The van der Waals surface area contributed by atoms with Crippen molar-refractivity contribution in [3.63, 3.8) is 0 Å². The molecule has 0 amide bonds. The number of hydrogen-bond donors (Lipinski definition) is 0. The molecule has 2 heteroatoms. The second-order valence-electron chi connectivity index (χ2n) is 1.30. The van der Waals surface area contributed by atoms with Gasteiger partial charge >= 0.3 is 0 Å². The summed E-state index contributed by atoms with van der Waals surface area (Å²) < 4.78 is 0. The maximum atomic E-state index is 3.96. The van der Waals surface area contributed by atoms with Gasteiger partial charge in [-0.2, -0.15) is 5.43 Å². The minimum Gasteiger partial charge on any atom is -0.233 e. The van der Waals surface area contributed by atoms with Crippen LogP contribution in [0.3, 0.4) is 0 Å². The van der Waals surface area contributed by atoms with Crippen LogP contribution in [0.25, 0.3) is 0 Å². The predicted octanol–water partition coefficient (Wildman–Crippen LogP) is 0.0873. The first-order chi connectivity index (χ1) is 2.77. The fraction of sp³-hybridized carbons (Fsp3) is 1.00. The summed E-state index contributed by atoms with van der Waals surface area (Å²) in [6.45, 7) is 2.90. The Morgan fingerprint density at radius 1 is 1.50 bits per heavy atom. The Kier molecular flexibility index (Phi) is 3.08. The molecule has 0 fully saturated rings. The average Bonchev–Trinajstić information content (AvgIpc) is 1.35. The molecule has 0 saturated carbocycles. The largest absolute Gasteiger partial charge is 0.233 e. The maximum Gasteiger partial charge on any atom is 0.0278 e. The molecule has 0 bridgehead atoms. The third-order valence-corrected chi connectivity index (χ3v) is 0.424. The Bertz CT molecular complexity index is 26.7. The normalized spacial score (nSPS) is 10.0. The molecule has 0 aromatic heterocycles. The number of rotatable bonds is 2. The highest BCUT2D eigenvalue weighted by molar-refractivity contribution is 4.23. The molecule has 0 saturated heterocycles. The minimum absolute atomic E-state index is 0.882. The second-order valence-corrected chi connectivity index (χ2v) is 1.30. The zero-order chi connectivity index (χ0) is 4.99. The van der Waals surface area contributed by atoms with E-state index in [1.165, 1.54) is 0 Å². The zero-order valence-electron chi connectivity index (χ0n) is 4.60. The third kappa shape index (κ3) is 3.92. The van der Waals surface area contributed by atoms with Crippen molar-refractivity contribution in [3.05, 3.63) is 0 Å². The van der Waals surface area contributed by atoms with Crippen LogP contribution in [0.15, 0.2) is 0 Å². The number of hydrogen-bond acceptors (Lipinski definition) is 1. The van der Waals surface area contributed by atoms with Gasteiger partial charge in [0.1, 0.15) is 0 Å². The highest BCUT2D eigenvalue weighted by atomic mass is 15.5. The maximum absolute atomic E-state index is 3.96. The van der Waals surface area contributed by atoms with Gasteiger partial charge < -0.3 is 0 Å². The molecule has 1 radical (unpaired) electrons. The Labute approximate surface area is 39.1 Å². The van der Waals surface area contributed by atoms with Gasteiger partial charge in [-0.25, -0.2) is 5.01 Å². The molecule has 0 N–H and O–H groups in total. The summed E-state index contributed by atoms with van der Waals surface area (Å²) in [6.07, 6.45) is 0. The highest BCUT2D eigenvalue weighted by Crippen LogP contribution is 1.61. The SMILES string of the molecule is CC[N]N(C)C. The summed E-state index contributed by atoms with van der Waals surface area (Å²) in [7, 11) is 3.84. The van der Waals surface area contributed by atoms with Gasteiger partial charge in [-0.15, -0.1) is 0 Å². The van der Waals surface area contributed by atoms with Crippen molar-refractivity contribution in [1.29, 1.82) is 0 Å². The quantitative estimate of drug-likeness (QED) is 0.436. The lowest BCUT2D eigenvalue weighted by molar-refractivity contribution is 0.288. The minimum atomic E-state index is 0.882. The van der Waals surface area contributed by atoms with Gasteiger partial charge in [-0.1, -0.05) is 0 Å². The second kappa shape index (κ2) is 3.12. The molecule has 0 heterocycles. The predicted molar refractivity (Wildman–Crippen MR) is 26.4 cm³/mol. The van der Waals surface area contributed by atoms with Crippen molar-refractivity contribution in [3.8, 4) is 0 Å². The van der Waals surface area contributed by atoms with Crippen LogP contribution in [-0.4, -0.2) is 25.6 Å². The summed E-state index contributed by atoms with van der Waals surface area (Å²) in [5.41, 5.74) is 3.96. The molecule has 0 aromatic carbocycles. The first-order valence-electron chi connectivity index (χ1n) is 2.12. The summed E-state index contributed by atoms with van der Waals surface area (Å²) in [4.78, 5) is 0. The molecule has 2 nitrogen and oxygen atoms in total. The van der Waals surface area contributed by atoms with Gasteiger partial charge in [0, 0.05) is 20.6 Å². The van der Waals surface area contributed by atoms with Gasteiger partial charge in [0.25, 0.3) is 0 Å². The van der Waals surface area contributed by atoms with Crippen molar-refractivity contribution in [2.24, 2.45) is 0 Å². The van der Waals surface area contributed by atoms with E-state index < -0.39 is 0 Å². The average molecular weight is 87.1 g/mol. The van der Waals surface area contributed by atoms with Crippen molar-refractivity contribution in [2.75, 3.05) is 20.6 Å². The van der Waals surface area contributed by atoms with Crippen molar-refractivity contribution < 1.29 is 0 Å². The molecule has 6 heavy (non-hydrogen) atoms. The molecule has 37 valence electrons. The lowest BCUT2D eigenvalue weighted by atomic mass is 10.8. The van der Waals surface area contributed by atoms with Gasteiger partial charge in [0.15, 0.2) is 0 Å². The third-order valence-electron chi connectivity index (χ3n) is 0.424. The topological polar surface area (TPSA) is 17.3 Å². The van der Waals surface area contributed by atoms with Crippen LogP contribution in [0.1, 0.15) is 6.92 Å².